The van der Waals surface area contributed by atoms with Gasteiger partial charge in [-0.2, -0.15) is 5.26 Å². The number of hydrogen-bond donors (Lipinski definition) is 0. The van der Waals surface area contributed by atoms with Crippen LogP contribution in [0.25, 0.3) is 16.5 Å². The molecule has 1 heterocycles. The van der Waals surface area contributed by atoms with Crippen molar-refractivity contribution in [1.82, 2.24) is 4.98 Å². The second kappa shape index (κ2) is 8.28. The van der Waals surface area contributed by atoms with E-state index in [1.165, 1.54) is 12.1 Å². The highest BCUT2D eigenvalue weighted by atomic mass is 16.6. The quantitative estimate of drug-likeness (QED) is 0.253. The predicted octanol–water partition coefficient (Wildman–Crippen LogP) is 5.63. The van der Waals surface area contributed by atoms with E-state index in [2.05, 4.69) is 11.1 Å². The molecule has 138 valence electrons. The van der Waals surface area contributed by atoms with Gasteiger partial charge in [0.1, 0.15) is 0 Å². The summed E-state index contributed by atoms with van der Waals surface area (Å²) in [7, 11) is 0. The number of benzene rings is 2. The van der Waals surface area contributed by atoms with Crippen molar-refractivity contribution >= 4 is 22.2 Å². The molecule has 28 heavy (non-hydrogen) atoms. The fraction of sp³-hybridized carbons (Fsp3) is 0.130. The molecular weight excluding hydrogens is 350 g/mol. The first-order valence-electron chi connectivity index (χ1n) is 8.85. The van der Waals surface area contributed by atoms with Crippen molar-refractivity contribution in [2.75, 3.05) is 0 Å². The fourth-order valence-corrected chi connectivity index (χ4v) is 2.97. The summed E-state index contributed by atoms with van der Waals surface area (Å²) in [6, 6.07) is 20.5. The molecule has 3 aromatic rings. The van der Waals surface area contributed by atoms with Crippen LogP contribution in [0.1, 0.15) is 25.1 Å². The highest BCUT2D eigenvalue weighted by Crippen LogP contribution is 2.22. The van der Waals surface area contributed by atoms with Crippen LogP contribution in [0.5, 0.6) is 0 Å². The Hall–Kier alpha value is -3.78. The number of fused-ring (bicyclic) bond motifs is 1. The number of non-ortho nitro benzene ring substituents is 1. The van der Waals surface area contributed by atoms with Gasteiger partial charge in [-0.25, -0.2) is 0 Å². The minimum Gasteiger partial charge on any atom is -0.258 e. The van der Waals surface area contributed by atoms with Crippen molar-refractivity contribution in [1.29, 1.82) is 5.26 Å². The number of nitriles is 1. The number of para-hydroxylation sites is 1. The Balaban J connectivity index is 1.86. The van der Waals surface area contributed by atoms with Crippen LogP contribution in [-0.4, -0.2) is 9.91 Å². The molecule has 5 nitrogen and oxygen atoms in total. The van der Waals surface area contributed by atoms with E-state index in [4.69, 9.17) is 0 Å². The van der Waals surface area contributed by atoms with E-state index >= 15 is 0 Å². The number of nitrogens with zero attached hydrogens (tertiary/aromatic N) is 3. The number of aromatic nitrogens is 1. The van der Waals surface area contributed by atoms with Gasteiger partial charge in [-0.1, -0.05) is 24.3 Å². The van der Waals surface area contributed by atoms with Gasteiger partial charge in [-0.15, -0.1) is 0 Å². The molecule has 0 atom stereocenters. The molecule has 0 saturated carbocycles. The molecule has 1 aromatic heterocycles. The van der Waals surface area contributed by atoms with E-state index in [1.807, 2.05) is 56.3 Å². The average molecular weight is 369 g/mol. The summed E-state index contributed by atoms with van der Waals surface area (Å²) in [5, 5.41) is 21.5. The molecular formula is C23H19N3O2. The summed E-state index contributed by atoms with van der Waals surface area (Å²) in [6.07, 6.45) is 2.40. The minimum atomic E-state index is -0.426. The highest BCUT2D eigenvalue weighted by Gasteiger charge is 2.07. The van der Waals surface area contributed by atoms with E-state index in [1.54, 1.807) is 12.1 Å². The van der Waals surface area contributed by atoms with E-state index in [0.717, 1.165) is 33.3 Å². The molecule has 2 aromatic carbocycles. The van der Waals surface area contributed by atoms with E-state index in [-0.39, 0.29) is 5.69 Å². The zero-order valence-corrected chi connectivity index (χ0v) is 15.7. The molecule has 0 N–H and O–H groups in total. The molecule has 0 amide bonds. The minimum absolute atomic E-state index is 0.0474. The Morgan fingerprint density at radius 3 is 2.50 bits per heavy atom. The first-order chi connectivity index (χ1) is 13.5. The van der Waals surface area contributed by atoms with Crippen molar-refractivity contribution < 1.29 is 4.92 Å². The van der Waals surface area contributed by atoms with Gasteiger partial charge in [0.15, 0.2) is 0 Å². The molecule has 0 aliphatic heterocycles. The second-order valence-corrected chi connectivity index (χ2v) is 6.61. The number of nitro benzene ring substituents is 1. The van der Waals surface area contributed by atoms with Crippen LogP contribution < -0.4 is 0 Å². The zero-order valence-electron chi connectivity index (χ0n) is 15.7. The number of nitro groups is 1. The van der Waals surface area contributed by atoms with Crippen LogP contribution >= 0.6 is 0 Å². The Labute approximate surface area is 163 Å². The average Bonchev–Trinajstić information content (AvgIpc) is 2.71. The van der Waals surface area contributed by atoms with Crippen molar-refractivity contribution in [3.8, 4) is 6.07 Å². The summed E-state index contributed by atoms with van der Waals surface area (Å²) in [5.74, 6) is 0. The van der Waals surface area contributed by atoms with Crippen molar-refractivity contribution in [2.24, 2.45) is 0 Å². The fourth-order valence-electron chi connectivity index (χ4n) is 2.97. The van der Waals surface area contributed by atoms with Gasteiger partial charge in [-0.05, 0) is 60.9 Å². The number of rotatable bonds is 5. The van der Waals surface area contributed by atoms with Crippen LogP contribution in [0, 0.1) is 21.4 Å². The third-order valence-electron chi connectivity index (χ3n) is 4.58. The maximum atomic E-state index is 10.8. The van der Waals surface area contributed by atoms with Gasteiger partial charge >= 0.3 is 0 Å². The van der Waals surface area contributed by atoms with Crippen molar-refractivity contribution in [2.45, 2.75) is 20.3 Å². The molecule has 0 aliphatic rings. The monoisotopic (exact) mass is 369 g/mol. The van der Waals surface area contributed by atoms with Crippen molar-refractivity contribution in [3.63, 3.8) is 0 Å². The van der Waals surface area contributed by atoms with Crippen LogP contribution in [0.15, 0.2) is 77.9 Å². The smallest absolute Gasteiger partial charge is 0.258 e. The van der Waals surface area contributed by atoms with Gasteiger partial charge in [-0.3, -0.25) is 15.1 Å². The third-order valence-corrected chi connectivity index (χ3v) is 4.58. The van der Waals surface area contributed by atoms with Gasteiger partial charge < -0.3 is 0 Å². The first-order valence-corrected chi connectivity index (χ1v) is 8.85. The topological polar surface area (TPSA) is 79.8 Å². The first kappa shape index (κ1) is 19.0. The Morgan fingerprint density at radius 1 is 1.11 bits per heavy atom. The summed E-state index contributed by atoms with van der Waals surface area (Å²) in [5.41, 5.74) is 5.10. The Bertz CT molecular complexity index is 1140. The molecule has 0 unspecified atom stereocenters. The van der Waals surface area contributed by atoms with E-state index in [9.17, 15) is 15.4 Å². The SMILES string of the molecule is CC(=CC(C#N)=C(C)Cc1ccc2ccccc2n1)c1ccc([N+](=O)[O-])cc1. The molecule has 0 fully saturated rings. The largest absolute Gasteiger partial charge is 0.269 e. The molecule has 0 radical (unpaired) electrons. The molecule has 0 spiro atoms. The van der Waals surface area contributed by atoms with Crippen LogP contribution in [0.3, 0.4) is 0 Å². The Morgan fingerprint density at radius 2 is 1.82 bits per heavy atom. The lowest BCUT2D eigenvalue weighted by Gasteiger charge is -2.06. The maximum Gasteiger partial charge on any atom is 0.269 e. The Kier molecular flexibility index (Phi) is 5.61. The standard InChI is InChI=1S/C23H19N3O2/c1-16(18-8-11-22(12-9-18)26(27)28)13-20(15-24)17(2)14-21-10-7-19-5-3-4-6-23(19)25-21/h3-13H,14H2,1-2H3. The van der Waals surface area contributed by atoms with Gasteiger partial charge in [0.2, 0.25) is 0 Å². The second-order valence-electron chi connectivity index (χ2n) is 6.61. The van der Waals surface area contributed by atoms with Gasteiger partial charge in [0, 0.05) is 29.6 Å². The van der Waals surface area contributed by atoms with Gasteiger partial charge in [0.05, 0.1) is 22.1 Å². The predicted molar refractivity (Wildman–Crippen MR) is 111 cm³/mol. The van der Waals surface area contributed by atoms with E-state index in [0.29, 0.717) is 12.0 Å². The molecule has 5 heteroatoms. The normalized spacial score (nSPS) is 12.4. The highest BCUT2D eigenvalue weighted by molar-refractivity contribution is 5.78. The lowest BCUT2D eigenvalue weighted by atomic mass is 10.00. The third kappa shape index (κ3) is 4.30. The molecule has 0 aliphatic carbocycles. The summed E-state index contributed by atoms with van der Waals surface area (Å²) in [6.45, 7) is 3.81. The summed E-state index contributed by atoms with van der Waals surface area (Å²) in [4.78, 5) is 15.0. The molecule has 0 saturated heterocycles. The van der Waals surface area contributed by atoms with E-state index < -0.39 is 4.92 Å². The van der Waals surface area contributed by atoms with Crippen LogP contribution in [-0.2, 0) is 6.42 Å². The summed E-state index contributed by atoms with van der Waals surface area (Å²) >= 11 is 0. The number of pyridine rings is 1. The zero-order chi connectivity index (χ0) is 20.1. The van der Waals surface area contributed by atoms with Crippen molar-refractivity contribution in [3.05, 3.63) is 99.3 Å². The number of hydrogen-bond acceptors (Lipinski definition) is 4. The van der Waals surface area contributed by atoms with Crippen LogP contribution in [0.4, 0.5) is 5.69 Å². The lowest BCUT2D eigenvalue weighted by Crippen LogP contribution is -1.95. The van der Waals surface area contributed by atoms with Gasteiger partial charge in [0.25, 0.3) is 5.69 Å². The molecule has 0 bridgehead atoms. The lowest BCUT2D eigenvalue weighted by molar-refractivity contribution is -0.384. The summed E-state index contributed by atoms with van der Waals surface area (Å²) < 4.78 is 0. The molecule has 3 rings (SSSR count). The number of allylic oxidation sites excluding steroid dienone is 4. The maximum absolute atomic E-state index is 10.8. The van der Waals surface area contributed by atoms with Crippen LogP contribution in [0.2, 0.25) is 0 Å².